The fraction of sp³-hybridized carbons (Fsp3) is 0.375. The maximum absolute atomic E-state index is 11.0. The van der Waals surface area contributed by atoms with E-state index in [-0.39, 0.29) is 16.7 Å². The van der Waals surface area contributed by atoms with Crippen molar-refractivity contribution in [2.75, 3.05) is 7.05 Å². The second kappa shape index (κ2) is 6.10. The fourth-order valence-electron chi connectivity index (χ4n) is 2.50. The molecule has 1 aromatic carbocycles. The van der Waals surface area contributed by atoms with Crippen molar-refractivity contribution >= 4 is 5.69 Å². The molecular formula is C16H20N2O3. The van der Waals surface area contributed by atoms with Gasteiger partial charge in [0.15, 0.2) is 0 Å². The monoisotopic (exact) mass is 288 g/mol. The van der Waals surface area contributed by atoms with Gasteiger partial charge in [-0.2, -0.15) is 0 Å². The molecule has 0 saturated carbocycles. The van der Waals surface area contributed by atoms with Gasteiger partial charge in [-0.25, -0.2) is 0 Å². The van der Waals surface area contributed by atoms with E-state index in [4.69, 9.17) is 4.42 Å². The Bertz CT molecular complexity index is 658. The molecule has 1 heterocycles. The molecule has 1 N–H and O–H groups in total. The number of nitro benzene ring substituents is 1. The Kier molecular flexibility index (Phi) is 4.43. The summed E-state index contributed by atoms with van der Waals surface area (Å²) in [5, 5.41) is 14.2. The van der Waals surface area contributed by atoms with E-state index in [1.165, 1.54) is 0 Å². The van der Waals surface area contributed by atoms with Crippen LogP contribution < -0.4 is 5.32 Å². The Morgan fingerprint density at radius 3 is 2.57 bits per heavy atom. The molecule has 0 spiro atoms. The molecule has 2 rings (SSSR count). The Balaban J connectivity index is 2.43. The SMILES string of the molecule is CCC(NC)c1ccc(-c2cc(C)c([N+](=O)[O-])cc2C)o1. The summed E-state index contributed by atoms with van der Waals surface area (Å²) in [6, 6.07) is 7.47. The highest BCUT2D eigenvalue weighted by atomic mass is 16.6. The van der Waals surface area contributed by atoms with E-state index in [2.05, 4.69) is 12.2 Å². The molecule has 0 radical (unpaired) electrons. The number of nitrogens with one attached hydrogen (secondary N) is 1. The molecule has 112 valence electrons. The number of hydrogen-bond acceptors (Lipinski definition) is 4. The van der Waals surface area contributed by atoms with Crippen LogP contribution in [0.3, 0.4) is 0 Å². The number of hydrogen-bond donors (Lipinski definition) is 1. The molecule has 0 bridgehead atoms. The number of benzene rings is 1. The molecule has 0 aliphatic carbocycles. The summed E-state index contributed by atoms with van der Waals surface area (Å²) >= 11 is 0. The van der Waals surface area contributed by atoms with E-state index < -0.39 is 0 Å². The predicted octanol–water partition coefficient (Wildman–Crippen LogP) is 4.14. The molecular weight excluding hydrogens is 268 g/mol. The first-order valence-electron chi connectivity index (χ1n) is 7.01. The van der Waals surface area contributed by atoms with Gasteiger partial charge in [0, 0.05) is 17.2 Å². The van der Waals surface area contributed by atoms with Crippen molar-refractivity contribution < 1.29 is 9.34 Å². The Hall–Kier alpha value is -2.14. The molecule has 5 nitrogen and oxygen atoms in total. The molecule has 0 aliphatic heterocycles. The molecule has 5 heteroatoms. The van der Waals surface area contributed by atoms with Gasteiger partial charge < -0.3 is 9.73 Å². The summed E-state index contributed by atoms with van der Waals surface area (Å²) in [6.07, 6.45) is 0.932. The van der Waals surface area contributed by atoms with Gasteiger partial charge >= 0.3 is 0 Å². The fourth-order valence-corrected chi connectivity index (χ4v) is 2.50. The average Bonchev–Trinajstić information content (AvgIpc) is 2.91. The van der Waals surface area contributed by atoms with E-state index in [0.717, 1.165) is 29.1 Å². The third-order valence-corrected chi connectivity index (χ3v) is 3.73. The van der Waals surface area contributed by atoms with Crippen LogP contribution in [0.15, 0.2) is 28.7 Å². The predicted molar refractivity (Wildman–Crippen MR) is 82.4 cm³/mol. The minimum Gasteiger partial charge on any atom is -0.459 e. The first-order chi connectivity index (χ1) is 9.97. The summed E-state index contributed by atoms with van der Waals surface area (Å²) in [5.74, 6) is 1.62. The molecule has 0 fully saturated rings. The minimum absolute atomic E-state index is 0.143. The number of nitrogens with zero attached hydrogens (tertiary/aromatic N) is 1. The van der Waals surface area contributed by atoms with E-state index in [1.807, 2.05) is 32.2 Å². The zero-order valence-corrected chi connectivity index (χ0v) is 12.8. The van der Waals surface area contributed by atoms with Gasteiger partial charge in [-0.1, -0.05) is 6.92 Å². The summed E-state index contributed by atoms with van der Waals surface area (Å²) in [7, 11) is 1.90. The topological polar surface area (TPSA) is 68.3 Å². The van der Waals surface area contributed by atoms with Crippen molar-refractivity contribution in [2.24, 2.45) is 0 Å². The van der Waals surface area contributed by atoms with Crippen LogP contribution in [0.1, 0.15) is 36.3 Å². The quantitative estimate of drug-likeness (QED) is 0.663. The molecule has 1 atom stereocenters. The van der Waals surface area contributed by atoms with Crippen LogP contribution in [-0.4, -0.2) is 12.0 Å². The number of rotatable bonds is 5. The molecule has 1 unspecified atom stereocenters. The van der Waals surface area contributed by atoms with Gasteiger partial charge in [0.2, 0.25) is 0 Å². The Labute approximate surface area is 124 Å². The van der Waals surface area contributed by atoms with Crippen molar-refractivity contribution in [2.45, 2.75) is 33.2 Å². The van der Waals surface area contributed by atoms with E-state index in [0.29, 0.717) is 5.56 Å². The molecule has 0 saturated heterocycles. The summed E-state index contributed by atoms with van der Waals surface area (Å²) in [4.78, 5) is 10.6. The lowest BCUT2D eigenvalue weighted by atomic mass is 10.0. The van der Waals surface area contributed by atoms with Gasteiger partial charge in [0.25, 0.3) is 5.69 Å². The van der Waals surface area contributed by atoms with E-state index in [9.17, 15) is 10.1 Å². The zero-order chi connectivity index (χ0) is 15.6. The van der Waals surface area contributed by atoms with Crippen molar-refractivity contribution in [3.8, 4) is 11.3 Å². The van der Waals surface area contributed by atoms with Crippen LogP contribution in [0.25, 0.3) is 11.3 Å². The zero-order valence-electron chi connectivity index (χ0n) is 12.8. The van der Waals surface area contributed by atoms with Gasteiger partial charge in [-0.05, 0) is 51.1 Å². The van der Waals surface area contributed by atoms with Crippen molar-refractivity contribution in [1.29, 1.82) is 0 Å². The molecule has 0 amide bonds. The third kappa shape index (κ3) is 2.97. The number of furan rings is 1. The van der Waals surface area contributed by atoms with Gasteiger partial charge in [-0.15, -0.1) is 0 Å². The number of aryl methyl sites for hydroxylation is 2. The van der Waals surface area contributed by atoms with Crippen LogP contribution in [-0.2, 0) is 0 Å². The summed E-state index contributed by atoms with van der Waals surface area (Å²) in [5.41, 5.74) is 2.52. The molecule has 1 aromatic heterocycles. The lowest BCUT2D eigenvalue weighted by molar-refractivity contribution is -0.385. The van der Waals surface area contributed by atoms with Crippen LogP contribution in [0, 0.1) is 24.0 Å². The molecule has 2 aromatic rings. The van der Waals surface area contributed by atoms with Crippen LogP contribution in [0.4, 0.5) is 5.69 Å². The van der Waals surface area contributed by atoms with Crippen LogP contribution >= 0.6 is 0 Å². The summed E-state index contributed by atoms with van der Waals surface area (Å²) in [6.45, 7) is 5.69. The Morgan fingerprint density at radius 2 is 2.00 bits per heavy atom. The second-order valence-corrected chi connectivity index (χ2v) is 5.16. The van der Waals surface area contributed by atoms with E-state index in [1.54, 1.807) is 13.0 Å². The first-order valence-corrected chi connectivity index (χ1v) is 7.01. The lowest BCUT2D eigenvalue weighted by Crippen LogP contribution is -2.14. The summed E-state index contributed by atoms with van der Waals surface area (Å²) < 4.78 is 5.92. The van der Waals surface area contributed by atoms with Crippen LogP contribution in [0.2, 0.25) is 0 Å². The molecule has 0 aliphatic rings. The second-order valence-electron chi connectivity index (χ2n) is 5.16. The maximum atomic E-state index is 11.0. The minimum atomic E-state index is -0.353. The van der Waals surface area contributed by atoms with Crippen molar-refractivity contribution in [3.63, 3.8) is 0 Å². The largest absolute Gasteiger partial charge is 0.459 e. The highest BCUT2D eigenvalue weighted by Gasteiger charge is 2.17. The first kappa shape index (κ1) is 15.3. The maximum Gasteiger partial charge on any atom is 0.272 e. The average molecular weight is 288 g/mol. The van der Waals surface area contributed by atoms with Gasteiger partial charge in [0.1, 0.15) is 11.5 Å². The lowest BCUT2D eigenvalue weighted by Gasteiger charge is -2.10. The standard InChI is InChI=1S/C16H20N2O3/c1-5-13(17-4)16-7-6-15(21-16)12-8-11(3)14(18(19)20)9-10(12)2/h6-9,13,17H,5H2,1-4H3. The smallest absolute Gasteiger partial charge is 0.272 e. The highest BCUT2D eigenvalue weighted by molar-refractivity contribution is 5.66. The van der Waals surface area contributed by atoms with E-state index >= 15 is 0 Å². The Morgan fingerprint density at radius 1 is 1.29 bits per heavy atom. The normalized spacial score (nSPS) is 12.4. The highest BCUT2D eigenvalue weighted by Crippen LogP contribution is 2.32. The third-order valence-electron chi connectivity index (χ3n) is 3.73. The number of nitro groups is 1. The van der Waals surface area contributed by atoms with Gasteiger partial charge in [0.05, 0.1) is 11.0 Å². The van der Waals surface area contributed by atoms with Crippen molar-refractivity contribution in [3.05, 3.63) is 51.3 Å². The van der Waals surface area contributed by atoms with Gasteiger partial charge in [-0.3, -0.25) is 10.1 Å². The van der Waals surface area contributed by atoms with Crippen molar-refractivity contribution in [1.82, 2.24) is 5.32 Å². The van der Waals surface area contributed by atoms with Crippen LogP contribution in [0.5, 0.6) is 0 Å². The molecule has 21 heavy (non-hydrogen) atoms.